The van der Waals surface area contributed by atoms with Gasteiger partial charge in [-0.3, -0.25) is 9.36 Å². The van der Waals surface area contributed by atoms with Crippen LogP contribution in [0.5, 0.6) is 0 Å². The molecule has 0 bridgehead atoms. The molecule has 0 atom stereocenters. The third-order valence-corrected chi connectivity index (χ3v) is 1.81. The van der Waals surface area contributed by atoms with Crippen molar-refractivity contribution in [1.82, 2.24) is 9.55 Å². The van der Waals surface area contributed by atoms with Crippen molar-refractivity contribution in [2.45, 2.75) is 20.4 Å². The van der Waals surface area contributed by atoms with Crippen LogP contribution in [0.2, 0.25) is 0 Å². The largest absolute Gasteiger partial charge is 0.478 e. The minimum atomic E-state index is -1.01. The minimum Gasteiger partial charge on any atom is -0.478 e. The topological polar surface area (TPSA) is 72.2 Å². The van der Waals surface area contributed by atoms with Gasteiger partial charge in [0.25, 0.3) is 5.56 Å². The number of nitrogens with zero attached hydrogens (tertiary/aromatic N) is 2. The lowest BCUT2D eigenvalue weighted by atomic mass is 10.3. The van der Waals surface area contributed by atoms with E-state index < -0.39 is 5.97 Å². The highest BCUT2D eigenvalue weighted by Crippen LogP contribution is 1.96. The zero-order chi connectivity index (χ0) is 11.4. The van der Waals surface area contributed by atoms with Gasteiger partial charge in [-0.25, -0.2) is 9.78 Å². The van der Waals surface area contributed by atoms with Gasteiger partial charge in [0.15, 0.2) is 0 Å². The molecule has 5 nitrogen and oxygen atoms in total. The normalized spacial score (nSPS) is 11.5. The summed E-state index contributed by atoms with van der Waals surface area (Å²) < 4.78 is 1.36. The molecule has 0 fully saturated rings. The van der Waals surface area contributed by atoms with E-state index in [1.54, 1.807) is 13.8 Å². The van der Waals surface area contributed by atoms with Crippen molar-refractivity contribution in [3.05, 3.63) is 40.1 Å². The van der Waals surface area contributed by atoms with E-state index in [0.29, 0.717) is 11.3 Å². The lowest BCUT2D eigenvalue weighted by Crippen LogP contribution is -2.20. The van der Waals surface area contributed by atoms with Crippen LogP contribution < -0.4 is 5.56 Å². The van der Waals surface area contributed by atoms with Crippen LogP contribution in [0.15, 0.2) is 28.8 Å². The van der Waals surface area contributed by atoms with E-state index in [1.807, 2.05) is 0 Å². The first kappa shape index (κ1) is 11.2. The van der Waals surface area contributed by atoms with E-state index in [4.69, 9.17) is 5.11 Å². The van der Waals surface area contributed by atoms with Crippen LogP contribution in [-0.2, 0) is 11.3 Å². The average Bonchev–Trinajstić information content (AvgIpc) is 2.08. The highest BCUT2D eigenvalue weighted by atomic mass is 16.4. The molecule has 0 amide bonds. The van der Waals surface area contributed by atoms with Crippen molar-refractivity contribution in [3.63, 3.8) is 0 Å². The van der Waals surface area contributed by atoms with Crippen LogP contribution in [0.3, 0.4) is 0 Å². The first-order valence-electron chi connectivity index (χ1n) is 4.42. The summed E-state index contributed by atoms with van der Waals surface area (Å²) in [7, 11) is 0. The van der Waals surface area contributed by atoms with Crippen LogP contribution in [0.4, 0.5) is 0 Å². The number of rotatable bonds is 3. The quantitative estimate of drug-likeness (QED) is 0.737. The minimum absolute atomic E-state index is 0.180. The van der Waals surface area contributed by atoms with Crippen molar-refractivity contribution in [3.8, 4) is 0 Å². The van der Waals surface area contributed by atoms with Crippen LogP contribution in [0.25, 0.3) is 0 Å². The zero-order valence-corrected chi connectivity index (χ0v) is 8.60. The number of carboxylic acid groups (broad SMARTS) is 1. The van der Waals surface area contributed by atoms with E-state index in [9.17, 15) is 9.59 Å². The summed E-state index contributed by atoms with van der Waals surface area (Å²) in [4.78, 5) is 25.7. The predicted octanol–water partition coefficient (Wildman–Crippen LogP) is 0.583. The molecule has 0 aliphatic carbocycles. The SMILES string of the molecule is CC(=CC(=O)O)Cn1cnc(C)cc1=O. The summed E-state index contributed by atoms with van der Waals surface area (Å²) in [6, 6.07) is 1.41. The summed E-state index contributed by atoms with van der Waals surface area (Å²) in [5.41, 5.74) is 1.06. The molecule has 1 rings (SSSR count). The van der Waals surface area contributed by atoms with Gasteiger partial charge in [-0.15, -0.1) is 0 Å². The van der Waals surface area contributed by atoms with Crippen molar-refractivity contribution < 1.29 is 9.90 Å². The number of carbonyl (C=O) groups is 1. The maximum absolute atomic E-state index is 11.4. The molecule has 0 aliphatic rings. The number of carboxylic acids is 1. The molecule has 0 aliphatic heterocycles. The van der Waals surface area contributed by atoms with E-state index >= 15 is 0 Å². The molecule has 0 spiro atoms. The molecule has 0 aromatic carbocycles. The Morgan fingerprint density at radius 3 is 2.87 bits per heavy atom. The maximum atomic E-state index is 11.4. The standard InChI is InChI=1S/C10H12N2O3/c1-7(3-10(14)15)5-12-6-11-8(2)4-9(12)13/h3-4,6H,5H2,1-2H3,(H,14,15). The molecule has 1 aromatic heterocycles. The number of allylic oxidation sites excluding steroid dienone is 1. The van der Waals surface area contributed by atoms with Crippen molar-refractivity contribution in [2.75, 3.05) is 0 Å². The smallest absolute Gasteiger partial charge is 0.328 e. The molecular formula is C10H12N2O3. The van der Waals surface area contributed by atoms with Crippen LogP contribution in [0, 0.1) is 6.92 Å². The Morgan fingerprint density at radius 1 is 1.67 bits per heavy atom. The third kappa shape index (κ3) is 3.38. The second kappa shape index (κ2) is 4.54. The molecule has 0 radical (unpaired) electrons. The fourth-order valence-electron chi connectivity index (χ4n) is 1.16. The van der Waals surface area contributed by atoms with Crippen molar-refractivity contribution in [2.24, 2.45) is 0 Å². The third-order valence-electron chi connectivity index (χ3n) is 1.81. The summed E-state index contributed by atoms with van der Waals surface area (Å²) in [5.74, 6) is -1.01. The van der Waals surface area contributed by atoms with Crippen LogP contribution in [0.1, 0.15) is 12.6 Å². The molecule has 1 aromatic rings. The lowest BCUT2D eigenvalue weighted by molar-refractivity contribution is -0.131. The number of aliphatic carboxylic acids is 1. The Hall–Kier alpha value is -1.91. The van der Waals surface area contributed by atoms with Crippen LogP contribution >= 0.6 is 0 Å². The molecule has 0 unspecified atom stereocenters. The Kier molecular flexibility index (Phi) is 3.38. The fourth-order valence-corrected chi connectivity index (χ4v) is 1.16. The molecule has 0 saturated heterocycles. The van der Waals surface area contributed by atoms with Gasteiger partial charge in [-0.2, -0.15) is 0 Å². The monoisotopic (exact) mass is 208 g/mol. The van der Waals surface area contributed by atoms with Gasteiger partial charge in [-0.05, 0) is 19.4 Å². The summed E-state index contributed by atoms with van der Waals surface area (Å²) in [6.07, 6.45) is 2.49. The highest BCUT2D eigenvalue weighted by molar-refractivity contribution is 5.80. The number of aromatic nitrogens is 2. The van der Waals surface area contributed by atoms with E-state index in [1.165, 1.54) is 17.0 Å². The summed E-state index contributed by atoms with van der Waals surface area (Å²) in [6.45, 7) is 3.63. The van der Waals surface area contributed by atoms with Gasteiger partial charge in [0.1, 0.15) is 0 Å². The lowest BCUT2D eigenvalue weighted by Gasteiger charge is -2.04. The van der Waals surface area contributed by atoms with E-state index in [-0.39, 0.29) is 12.1 Å². The fraction of sp³-hybridized carbons (Fsp3) is 0.300. The molecule has 0 saturated carbocycles. The van der Waals surface area contributed by atoms with E-state index in [2.05, 4.69) is 4.98 Å². The van der Waals surface area contributed by atoms with Crippen molar-refractivity contribution in [1.29, 1.82) is 0 Å². The zero-order valence-electron chi connectivity index (χ0n) is 8.60. The van der Waals surface area contributed by atoms with E-state index in [0.717, 1.165) is 6.08 Å². The van der Waals surface area contributed by atoms with Crippen LogP contribution in [-0.4, -0.2) is 20.6 Å². The predicted molar refractivity (Wildman–Crippen MR) is 54.6 cm³/mol. The second-order valence-corrected chi connectivity index (χ2v) is 3.33. The summed E-state index contributed by atoms with van der Waals surface area (Å²) in [5, 5.41) is 8.50. The molecular weight excluding hydrogens is 196 g/mol. The van der Waals surface area contributed by atoms with Gasteiger partial charge < -0.3 is 5.11 Å². The van der Waals surface area contributed by atoms with Gasteiger partial charge >= 0.3 is 5.97 Å². The Morgan fingerprint density at radius 2 is 2.33 bits per heavy atom. The molecule has 5 heteroatoms. The average molecular weight is 208 g/mol. The Bertz CT molecular complexity index is 460. The molecule has 15 heavy (non-hydrogen) atoms. The number of aryl methyl sites for hydroxylation is 1. The second-order valence-electron chi connectivity index (χ2n) is 3.33. The molecule has 1 N–H and O–H groups in total. The Balaban J connectivity index is 2.91. The molecule has 80 valence electrons. The molecule has 1 heterocycles. The number of hydrogen-bond donors (Lipinski definition) is 1. The van der Waals surface area contributed by atoms with Gasteiger partial charge in [0.05, 0.1) is 6.33 Å². The first-order valence-corrected chi connectivity index (χ1v) is 4.42. The van der Waals surface area contributed by atoms with Gasteiger partial charge in [0, 0.05) is 24.4 Å². The first-order chi connectivity index (χ1) is 6.99. The van der Waals surface area contributed by atoms with Crippen molar-refractivity contribution >= 4 is 5.97 Å². The number of hydrogen-bond acceptors (Lipinski definition) is 3. The summed E-state index contributed by atoms with van der Waals surface area (Å²) >= 11 is 0. The van der Waals surface area contributed by atoms with Gasteiger partial charge in [0.2, 0.25) is 0 Å². The Labute approximate surface area is 86.7 Å². The maximum Gasteiger partial charge on any atom is 0.328 e. The van der Waals surface area contributed by atoms with Gasteiger partial charge in [-0.1, -0.05) is 0 Å². The highest BCUT2D eigenvalue weighted by Gasteiger charge is 1.99.